The summed E-state index contributed by atoms with van der Waals surface area (Å²) in [5.41, 5.74) is 0. The highest BCUT2D eigenvalue weighted by molar-refractivity contribution is 7.87. The van der Waals surface area contributed by atoms with Gasteiger partial charge in [-0.15, -0.1) is 0 Å². The molecule has 0 spiro atoms. The molecule has 21 heavy (non-hydrogen) atoms. The zero-order valence-electron chi connectivity index (χ0n) is 11.8. The number of nitrogens with zero attached hydrogens (tertiary/aromatic N) is 3. The number of amides is 1. The first-order valence-electron chi connectivity index (χ1n) is 6.96. The molecule has 8 nitrogen and oxygen atoms in total. The molecule has 0 bridgehead atoms. The molecule has 0 aliphatic carbocycles. The number of hydrogen-bond acceptors (Lipinski definition) is 4. The van der Waals surface area contributed by atoms with Crippen molar-refractivity contribution in [1.82, 2.24) is 19.4 Å². The van der Waals surface area contributed by atoms with Gasteiger partial charge in [0, 0.05) is 45.0 Å². The average molecular weight is 315 g/mol. The molecule has 1 saturated heterocycles. The number of likely N-dealkylation sites (tertiary alicyclic amines) is 1. The van der Waals surface area contributed by atoms with E-state index in [-0.39, 0.29) is 18.4 Å². The van der Waals surface area contributed by atoms with Crippen LogP contribution in [0.25, 0.3) is 0 Å². The van der Waals surface area contributed by atoms with Crippen LogP contribution < -0.4 is 9.86 Å². The number of carbonyl (C=O) groups excluding carboxylic acids is 1. The van der Waals surface area contributed by atoms with Gasteiger partial charge in [0.1, 0.15) is 0 Å². The van der Waals surface area contributed by atoms with Crippen molar-refractivity contribution < 1.29 is 13.2 Å². The van der Waals surface area contributed by atoms with Crippen molar-refractivity contribution in [2.24, 2.45) is 11.1 Å². The molecule has 0 radical (unpaired) electrons. The summed E-state index contributed by atoms with van der Waals surface area (Å²) in [7, 11) is -3.67. The minimum atomic E-state index is -3.67. The van der Waals surface area contributed by atoms with Crippen LogP contribution in [0.4, 0.5) is 0 Å². The van der Waals surface area contributed by atoms with Gasteiger partial charge in [-0.1, -0.05) is 0 Å². The van der Waals surface area contributed by atoms with Gasteiger partial charge >= 0.3 is 0 Å². The average Bonchev–Trinajstić information content (AvgIpc) is 2.95. The Morgan fingerprint density at radius 1 is 1.48 bits per heavy atom. The lowest BCUT2D eigenvalue weighted by molar-refractivity contribution is -0.133. The predicted molar refractivity (Wildman–Crippen MR) is 77.3 cm³/mol. The quantitative estimate of drug-likeness (QED) is 0.723. The van der Waals surface area contributed by atoms with E-state index in [1.807, 2.05) is 12.3 Å². The van der Waals surface area contributed by atoms with Gasteiger partial charge in [-0.3, -0.25) is 9.48 Å². The van der Waals surface area contributed by atoms with Gasteiger partial charge in [0.05, 0.1) is 0 Å². The molecular weight excluding hydrogens is 294 g/mol. The standard InChI is InChI=1S/C12H21N5O3S/c13-21(19,20)15-9-11-3-1-6-16(10-11)12(18)4-8-17-7-2-5-14-17/h2,5,7,11,15H,1,3-4,6,8-10H2,(H2,13,19,20). The van der Waals surface area contributed by atoms with Crippen LogP contribution >= 0.6 is 0 Å². The second kappa shape index (κ2) is 7.01. The Kier molecular flexibility index (Phi) is 5.32. The van der Waals surface area contributed by atoms with Gasteiger partial charge in [0.2, 0.25) is 5.91 Å². The molecule has 1 unspecified atom stereocenters. The lowest BCUT2D eigenvalue weighted by atomic mass is 9.98. The molecule has 1 aromatic heterocycles. The fourth-order valence-electron chi connectivity index (χ4n) is 2.49. The van der Waals surface area contributed by atoms with Crippen molar-refractivity contribution in [3.05, 3.63) is 18.5 Å². The van der Waals surface area contributed by atoms with Crippen LogP contribution in [-0.4, -0.2) is 48.6 Å². The molecule has 1 amide bonds. The molecule has 2 heterocycles. The largest absolute Gasteiger partial charge is 0.342 e. The summed E-state index contributed by atoms with van der Waals surface area (Å²) in [4.78, 5) is 14.0. The van der Waals surface area contributed by atoms with Crippen molar-refractivity contribution in [2.45, 2.75) is 25.8 Å². The van der Waals surface area contributed by atoms with E-state index in [0.717, 1.165) is 19.4 Å². The van der Waals surface area contributed by atoms with Crippen LogP contribution in [0.1, 0.15) is 19.3 Å². The van der Waals surface area contributed by atoms with Crippen LogP contribution in [-0.2, 0) is 21.5 Å². The lowest BCUT2D eigenvalue weighted by Crippen LogP contribution is -2.44. The minimum Gasteiger partial charge on any atom is -0.342 e. The topological polar surface area (TPSA) is 110 Å². The number of piperidine rings is 1. The first-order valence-corrected chi connectivity index (χ1v) is 8.51. The first-order chi connectivity index (χ1) is 9.94. The maximum atomic E-state index is 12.2. The van der Waals surface area contributed by atoms with Crippen molar-refractivity contribution in [2.75, 3.05) is 19.6 Å². The van der Waals surface area contributed by atoms with Gasteiger partial charge in [-0.25, -0.2) is 9.86 Å². The van der Waals surface area contributed by atoms with Gasteiger partial charge < -0.3 is 4.90 Å². The van der Waals surface area contributed by atoms with Crippen molar-refractivity contribution >= 4 is 16.1 Å². The van der Waals surface area contributed by atoms with Gasteiger partial charge in [0.25, 0.3) is 10.2 Å². The summed E-state index contributed by atoms with van der Waals surface area (Å²) >= 11 is 0. The summed E-state index contributed by atoms with van der Waals surface area (Å²) in [6.07, 6.45) is 5.68. The summed E-state index contributed by atoms with van der Waals surface area (Å²) in [6, 6.07) is 1.82. The molecule has 3 N–H and O–H groups in total. The zero-order valence-corrected chi connectivity index (χ0v) is 12.6. The third-order valence-corrected chi connectivity index (χ3v) is 4.13. The van der Waals surface area contributed by atoms with E-state index in [1.54, 1.807) is 15.8 Å². The molecule has 1 aromatic rings. The van der Waals surface area contributed by atoms with E-state index in [2.05, 4.69) is 9.82 Å². The number of carbonyl (C=O) groups is 1. The molecule has 1 aliphatic rings. The molecule has 0 aromatic carbocycles. The third-order valence-electron chi connectivity index (χ3n) is 3.56. The predicted octanol–water partition coefficient (Wildman–Crippen LogP) is -0.695. The second-order valence-electron chi connectivity index (χ2n) is 5.26. The van der Waals surface area contributed by atoms with E-state index >= 15 is 0 Å². The lowest BCUT2D eigenvalue weighted by Gasteiger charge is -2.32. The Hall–Kier alpha value is -1.45. The number of nitrogens with two attached hydrogens (primary N) is 1. The molecule has 118 valence electrons. The van der Waals surface area contributed by atoms with E-state index < -0.39 is 10.2 Å². The molecule has 1 aliphatic heterocycles. The highest BCUT2D eigenvalue weighted by atomic mass is 32.2. The number of aryl methyl sites for hydroxylation is 1. The Morgan fingerprint density at radius 2 is 2.29 bits per heavy atom. The summed E-state index contributed by atoms with van der Waals surface area (Å²) in [5, 5.41) is 8.98. The van der Waals surface area contributed by atoms with E-state index in [0.29, 0.717) is 19.5 Å². The zero-order chi connectivity index (χ0) is 15.3. The molecule has 0 saturated carbocycles. The number of nitrogens with one attached hydrogen (secondary N) is 1. The van der Waals surface area contributed by atoms with Crippen molar-refractivity contribution in [3.8, 4) is 0 Å². The van der Waals surface area contributed by atoms with Crippen molar-refractivity contribution in [1.29, 1.82) is 0 Å². The fraction of sp³-hybridized carbons (Fsp3) is 0.667. The molecule has 1 fully saturated rings. The second-order valence-corrected chi connectivity index (χ2v) is 6.64. The Morgan fingerprint density at radius 3 is 2.95 bits per heavy atom. The first kappa shape index (κ1) is 15.9. The van der Waals surface area contributed by atoms with Gasteiger partial charge in [-0.2, -0.15) is 13.5 Å². The van der Waals surface area contributed by atoms with Crippen LogP contribution in [0.5, 0.6) is 0 Å². The highest BCUT2D eigenvalue weighted by Gasteiger charge is 2.24. The Balaban J connectivity index is 1.78. The monoisotopic (exact) mass is 315 g/mol. The maximum absolute atomic E-state index is 12.2. The number of rotatable bonds is 6. The number of hydrogen-bond donors (Lipinski definition) is 2. The summed E-state index contributed by atoms with van der Waals surface area (Å²) in [5.74, 6) is 0.191. The maximum Gasteiger partial charge on any atom is 0.274 e. The number of aromatic nitrogens is 2. The van der Waals surface area contributed by atoms with Gasteiger partial charge in [-0.05, 0) is 24.8 Å². The van der Waals surface area contributed by atoms with Crippen LogP contribution in [0.3, 0.4) is 0 Å². The summed E-state index contributed by atoms with van der Waals surface area (Å²) < 4.78 is 25.8. The fourth-order valence-corrected chi connectivity index (χ4v) is 2.96. The molecule has 1 atom stereocenters. The summed E-state index contributed by atoms with van der Waals surface area (Å²) in [6.45, 7) is 2.13. The Labute approximate surface area is 124 Å². The van der Waals surface area contributed by atoms with Crippen molar-refractivity contribution in [3.63, 3.8) is 0 Å². The molecular formula is C12H21N5O3S. The van der Waals surface area contributed by atoms with Crippen LogP contribution in [0, 0.1) is 5.92 Å². The molecule has 9 heteroatoms. The Bertz CT molecular complexity index is 557. The smallest absolute Gasteiger partial charge is 0.274 e. The van der Waals surface area contributed by atoms with Crippen LogP contribution in [0.2, 0.25) is 0 Å². The SMILES string of the molecule is NS(=O)(=O)NCC1CCCN(C(=O)CCn2cccn2)C1. The van der Waals surface area contributed by atoms with Gasteiger partial charge in [0.15, 0.2) is 0 Å². The highest BCUT2D eigenvalue weighted by Crippen LogP contribution is 2.16. The molecule has 2 rings (SSSR count). The third kappa shape index (κ3) is 5.44. The normalized spacial score (nSPS) is 19.7. The minimum absolute atomic E-state index is 0.0748. The van der Waals surface area contributed by atoms with E-state index in [4.69, 9.17) is 5.14 Å². The van der Waals surface area contributed by atoms with E-state index in [1.165, 1.54) is 0 Å². The van der Waals surface area contributed by atoms with E-state index in [9.17, 15) is 13.2 Å². The van der Waals surface area contributed by atoms with Crippen LogP contribution in [0.15, 0.2) is 18.5 Å².